The van der Waals surface area contributed by atoms with Crippen molar-refractivity contribution < 1.29 is 23.9 Å². The average Bonchev–Trinajstić information content (AvgIpc) is 2.77. The molecule has 2 N–H and O–H groups in total. The monoisotopic (exact) mass is 429 g/mol. The first-order valence-electron chi connectivity index (χ1n) is 11.1. The Morgan fingerprint density at radius 2 is 1.61 bits per heavy atom. The molecule has 8 nitrogen and oxygen atoms in total. The highest BCUT2D eigenvalue weighted by atomic mass is 16.5. The van der Waals surface area contributed by atoms with Gasteiger partial charge in [-0.2, -0.15) is 0 Å². The van der Waals surface area contributed by atoms with E-state index < -0.39 is 24.4 Å². The van der Waals surface area contributed by atoms with Crippen LogP contribution in [0.2, 0.25) is 0 Å². The van der Waals surface area contributed by atoms with Crippen LogP contribution in [0.4, 0.5) is 5.69 Å². The number of benzene rings is 1. The molecule has 168 valence electrons. The molecule has 1 aromatic rings. The molecule has 2 bridgehead atoms. The zero-order valence-corrected chi connectivity index (χ0v) is 18.2. The third-order valence-corrected chi connectivity index (χ3v) is 6.30. The molecule has 2 aliphatic carbocycles. The minimum Gasteiger partial charge on any atom is -0.455 e. The van der Waals surface area contributed by atoms with Gasteiger partial charge in [0.15, 0.2) is 6.61 Å². The fraction of sp³-hybridized carbons (Fsp3) is 0.565. The smallest absolute Gasteiger partial charge is 0.309 e. The minimum atomic E-state index is -0.617. The van der Waals surface area contributed by atoms with E-state index in [0.29, 0.717) is 18.4 Å². The van der Waals surface area contributed by atoms with Crippen molar-refractivity contribution in [3.8, 4) is 0 Å². The van der Waals surface area contributed by atoms with Crippen LogP contribution in [0, 0.1) is 17.8 Å². The summed E-state index contributed by atoms with van der Waals surface area (Å²) >= 11 is 0. The maximum absolute atomic E-state index is 12.3. The zero-order chi connectivity index (χ0) is 22.4. The first kappa shape index (κ1) is 22.8. The molecule has 0 spiro atoms. The minimum absolute atomic E-state index is 0.0497. The normalized spacial score (nSPS) is 22.4. The number of amides is 2. The molecule has 0 saturated heterocycles. The van der Waals surface area contributed by atoms with E-state index in [1.165, 1.54) is 0 Å². The largest absolute Gasteiger partial charge is 0.455 e. The van der Waals surface area contributed by atoms with Crippen LogP contribution in [-0.4, -0.2) is 43.3 Å². The highest BCUT2D eigenvalue weighted by Gasteiger charge is 2.41. The fourth-order valence-corrected chi connectivity index (χ4v) is 4.57. The molecule has 31 heavy (non-hydrogen) atoms. The van der Waals surface area contributed by atoms with E-state index in [-0.39, 0.29) is 23.5 Å². The molecule has 1 unspecified atom stereocenters. The number of carbonyl (C=O) groups excluding carboxylic acids is 4. The molecule has 0 aliphatic heterocycles. The second-order valence-electron chi connectivity index (χ2n) is 8.22. The maximum atomic E-state index is 12.3. The Labute approximate surface area is 182 Å². The van der Waals surface area contributed by atoms with Gasteiger partial charge in [0.1, 0.15) is 5.78 Å². The predicted molar refractivity (Wildman–Crippen MR) is 115 cm³/mol. The van der Waals surface area contributed by atoms with Crippen molar-refractivity contribution >= 4 is 29.3 Å². The molecule has 1 aromatic carbocycles. The van der Waals surface area contributed by atoms with Crippen molar-refractivity contribution in [1.82, 2.24) is 10.9 Å². The second-order valence-corrected chi connectivity index (χ2v) is 8.22. The number of nitrogens with one attached hydrogen (secondary N) is 2. The first-order valence-corrected chi connectivity index (χ1v) is 11.1. The Balaban J connectivity index is 1.41. The lowest BCUT2D eigenvalue weighted by Gasteiger charge is -2.36. The SMILES string of the molecule is CCN(CC)c1ccc(C(=O)NNC(=O)COC(=O)C2C[C@H]3CCC[C@@H](C2)C3=O)cc1. The average molecular weight is 430 g/mol. The van der Waals surface area contributed by atoms with Crippen LogP contribution < -0.4 is 15.8 Å². The number of hydrogen-bond donors (Lipinski definition) is 2. The first-order chi connectivity index (χ1) is 14.9. The molecule has 0 aromatic heterocycles. The van der Waals surface area contributed by atoms with Gasteiger partial charge in [0.25, 0.3) is 11.8 Å². The van der Waals surface area contributed by atoms with E-state index in [2.05, 4.69) is 29.6 Å². The number of rotatable bonds is 7. The van der Waals surface area contributed by atoms with Crippen molar-refractivity contribution in [3.63, 3.8) is 0 Å². The van der Waals surface area contributed by atoms with Crippen molar-refractivity contribution in [3.05, 3.63) is 29.8 Å². The van der Waals surface area contributed by atoms with Gasteiger partial charge in [-0.15, -0.1) is 0 Å². The van der Waals surface area contributed by atoms with Crippen LogP contribution in [0.15, 0.2) is 24.3 Å². The van der Waals surface area contributed by atoms with Gasteiger partial charge < -0.3 is 9.64 Å². The van der Waals surface area contributed by atoms with Crippen LogP contribution in [0.3, 0.4) is 0 Å². The lowest BCUT2D eigenvalue weighted by Crippen LogP contribution is -2.44. The molecule has 8 heteroatoms. The quantitative estimate of drug-likeness (QED) is 0.509. The van der Waals surface area contributed by atoms with Crippen LogP contribution in [0.5, 0.6) is 0 Å². The van der Waals surface area contributed by atoms with Gasteiger partial charge in [0.2, 0.25) is 0 Å². The van der Waals surface area contributed by atoms with E-state index in [4.69, 9.17) is 4.74 Å². The molecule has 2 fully saturated rings. The van der Waals surface area contributed by atoms with Gasteiger partial charge in [0.05, 0.1) is 5.92 Å². The van der Waals surface area contributed by atoms with Crippen LogP contribution in [0.1, 0.15) is 56.3 Å². The number of hydrazine groups is 1. The standard InChI is InChI=1S/C23H31N3O5/c1-3-26(4-2)19-10-8-15(9-11-19)22(29)25-24-20(27)14-31-23(30)18-12-16-6-5-7-17(13-18)21(16)28/h8-11,16-18H,3-7,12-14H2,1-2H3,(H,24,27)(H,25,29)/t16-,17+,18?. The van der Waals surface area contributed by atoms with Gasteiger partial charge in [-0.3, -0.25) is 30.0 Å². The summed E-state index contributed by atoms with van der Waals surface area (Å²) in [5.74, 6) is -1.67. The molecule has 2 amide bonds. The van der Waals surface area contributed by atoms with E-state index >= 15 is 0 Å². The third-order valence-electron chi connectivity index (χ3n) is 6.30. The highest BCUT2D eigenvalue weighted by molar-refractivity contribution is 5.96. The summed E-state index contributed by atoms with van der Waals surface area (Å²) in [4.78, 5) is 50.8. The summed E-state index contributed by atoms with van der Waals surface area (Å²) in [5.41, 5.74) is 6.02. The molecular formula is C23H31N3O5. The summed E-state index contributed by atoms with van der Waals surface area (Å²) in [6, 6.07) is 7.10. The Morgan fingerprint density at radius 3 is 2.19 bits per heavy atom. The van der Waals surface area contributed by atoms with Crippen molar-refractivity contribution in [2.45, 2.75) is 46.0 Å². The lowest BCUT2D eigenvalue weighted by molar-refractivity contribution is -0.156. The Hall–Kier alpha value is -2.90. The van der Waals surface area contributed by atoms with Crippen molar-refractivity contribution in [1.29, 1.82) is 0 Å². The molecule has 3 atom stereocenters. The van der Waals surface area contributed by atoms with Crippen molar-refractivity contribution in [2.24, 2.45) is 17.8 Å². The lowest BCUT2D eigenvalue weighted by atomic mass is 9.67. The molecule has 0 heterocycles. The molecule has 2 aliphatic rings. The van der Waals surface area contributed by atoms with E-state index in [9.17, 15) is 19.2 Å². The van der Waals surface area contributed by atoms with Crippen LogP contribution in [0.25, 0.3) is 0 Å². The number of esters is 1. The summed E-state index contributed by atoms with van der Waals surface area (Å²) in [7, 11) is 0. The third kappa shape index (κ3) is 5.62. The zero-order valence-electron chi connectivity index (χ0n) is 18.2. The number of Topliss-reactive ketones (excluding diaryl/α,β-unsaturated/α-hetero) is 1. The Bertz CT molecular complexity index is 803. The molecule has 2 saturated carbocycles. The van der Waals surface area contributed by atoms with Gasteiger partial charge in [-0.05, 0) is 63.8 Å². The molecule has 0 radical (unpaired) electrons. The topological polar surface area (TPSA) is 105 Å². The van der Waals surface area contributed by atoms with E-state index in [0.717, 1.165) is 38.0 Å². The van der Waals surface area contributed by atoms with Gasteiger partial charge in [-0.1, -0.05) is 6.42 Å². The molecular weight excluding hydrogens is 398 g/mol. The predicted octanol–water partition coefficient (Wildman–Crippen LogP) is 2.23. The summed E-state index contributed by atoms with van der Waals surface area (Å²) in [6.45, 7) is 5.39. The number of anilines is 1. The highest BCUT2D eigenvalue weighted by Crippen LogP contribution is 2.40. The number of ether oxygens (including phenoxy) is 1. The van der Waals surface area contributed by atoms with Crippen LogP contribution >= 0.6 is 0 Å². The Morgan fingerprint density at radius 1 is 1.00 bits per heavy atom. The van der Waals surface area contributed by atoms with E-state index in [1.54, 1.807) is 12.1 Å². The second kappa shape index (κ2) is 10.4. The van der Waals surface area contributed by atoms with Crippen molar-refractivity contribution in [2.75, 3.05) is 24.6 Å². The maximum Gasteiger partial charge on any atom is 0.309 e. The van der Waals surface area contributed by atoms with Gasteiger partial charge >= 0.3 is 5.97 Å². The Kier molecular flexibility index (Phi) is 7.65. The summed E-state index contributed by atoms with van der Waals surface area (Å²) in [6.07, 6.45) is 3.72. The van der Waals surface area contributed by atoms with Crippen LogP contribution in [-0.2, 0) is 19.1 Å². The number of hydrogen-bond acceptors (Lipinski definition) is 6. The number of fused-ring (bicyclic) bond motifs is 2. The number of nitrogens with zero attached hydrogens (tertiary/aromatic N) is 1. The van der Waals surface area contributed by atoms with Gasteiger partial charge in [-0.25, -0.2) is 0 Å². The fourth-order valence-electron chi connectivity index (χ4n) is 4.57. The number of carbonyl (C=O) groups is 4. The molecule has 3 rings (SSSR count). The summed E-state index contributed by atoms with van der Waals surface area (Å²) < 4.78 is 5.13. The van der Waals surface area contributed by atoms with Gasteiger partial charge in [0, 0.05) is 36.2 Å². The number of ketones is 1. The summed E-state index contributed by atoms with van der Waals surface area (Å²) in [5, 5.41) is 0. The van der Waals surface area contributed by atoms with E-state index in [1.807, 2.05) is 12.1 Å².